The monoisotopic (exact) mass is 254 g/mol. The molecule has 17 heavy (non-hydrogen) atoms. The number of methoxy groups -OCH3 is 6. The van der Waals surface area contributed by atoms with Crippen LogP contribution in [0.3, 0.4) is 0 Å². The zero-order valence-electron chi connectivity index (χ0n) is 11.2. The number of hydrogen-bond acceptors (Lipinski definition) is 7. The van der Waals surface area contributed by atoms with Gasteiger partial charge in [-0.3, -0.25) is 0 Å². The zero-order valence-corrected chi connectivity index (χ0v) is 11.2. The molecule has 0 amide bonds. The molecular formula is C10H22O7. The van der Waals surface area contributed by atoms with Crippen LogP contribution in [0.25, 0.3) is 0 Å². The van der Waals surface area contributed by atoms with Crippen LogP contribution in [0.5, 0.6) is 0 Å². The summed E-state index contributed by atoms with van der Waals surface area (Å²) in [5.41, 5.74) is 0. The molecule has 0 rings (SSSR count). The summed E-state index contributed by atoms with van der Waals surface area (Å²) in [6, 6.07) is 0. The van der Waals surface area contributed by atoms with Crippen molar-refractivity contribution < 1.29 is 33.5 Å². The van der Waals surface area contributed by atoms with Crippen molar-refractivity contribution in [3.8, 4) is 0 Å². The molecule has 0 aromatic heterocycles. The van der Waals surface area contributed by atoms with Gasteiger partial charge < -0.3 is 33.5 Å². The zero-order chi connectivity index (χ0) is 13.5. The Hall–Kier alpha value is -0.280. The summed E-state index contributed by atoms with van der Waals surface area (Å²) < 4.78 is 30.9. The summed E-state index contributed by atoms with van der Waals surface area (Å²) in [7, 11) is 8.26. The Balaban J connectivity index is 5.39. The van der Waals surface area contributed by atoms with Crippen LogP contribution in [0.15, 0.2) is 0 Å². The van der Waals surface area contributed by atoms with E-state index in [-0.39, 0.29) is 0 Å². The van der Waals surface area contributed by atoms with Gasteiger partial charge in [0.1, 0.15) is 5.92 Å². The van der Waals surface area contributed by atoms with E-state index in [0.717, 1.165) is 0 Å². The average molecular weight is 254 g/mol. The quantitative estimate of drug-likeness (QED) is 0.570. The van der Waals surface area contributed by atoms with Gasteiger partial charge in [0.05, 0.1) is 6.61 Å². The molecule has 0 aliphatic heterocycles. The second-order valence-corrected chi connectivity index (χ2v) is 3.17. The molecule has 0 aliphatic rings. The van der Waals surface area contributed by atoms with Gasteiger partial charge in [-0.15, -0.1) is 0 Å². The minimum atomic E-state index is -1.54. The summed E-state index contributed by atoms with van der Waals surface area (Å²) in [5.74, 6) is -3.97. The van der Waals surface area contributed by atoms with E-state index >= 15 is 0 Å². The first-order chi connectivity index (χ1) is 8.06. The van der Waals surface area contributed by atoms with Crippen molar-refractivity contribution in [1.82, 2.24) is 0 Å². The van der Waals surface area contributed by atoms with Crippen LogP contribution in [-0.4, -0.2) is 66.3 Å². The van der Waals surface area contributed by atoms with E-state index in [1.165, 1.54) is 42.7 Å². The molecule has 0 atom stereocenters. The molecule has 0 unspecified atom stereocenters. The molecule has 0 fully saturated rings. The van der Waals surface area contributed by atoms with Crippen LogP contribution in [0, 0.1) is 5.92 Å². The number of rotatable bonds is 9. The molecule has 0 aromatic carbocycles. The Morgan fingerprint density at radius 2 is 0.941 bits per heavy atom. The predicted octanol–water partition coefficient (Wildman–Crippen LogP) is -0.219. The summed E-state index contributed by atoms with van der Waals surface area (Å²) >= 11 is 0. The van der Waals surface area contributed by atoms with Crippen LogP contribution < -0.4 is 0 Å². The minimum Gasteiger partial charge on any atom is -0.395 e. The third kappa shape index (κ3) is 2.94. The Labute approximate surface area is 101 Å². The fraction of sp³-hybridized carbons (Fsp3) is 1.00. The third-order valence-electron chi connectivity index (χ3n) is 2.74. The van der Waals surface area contributed by atoms with E-state index in [9.17, 15) is 5.11 Å². The van der Waals surface area contributed by atoms with Gasteiger partial charge in [-0.2, -0.15) is 0 Å². The van der Waals surface area contributed by atoms with Crippen molar-refractivity contribution in [1.29, 1.82) is 0 Å². The standard InChI is InChI=1S/C10H22O7/c1-12-9(13-2,14-3)8(7-11)10(15-4,16-5)17-6/h8,11H,7H2,1-6H3. The fourth-order valence-electron chi connectivity index (χ4n) is 1.79. The highest BCUT2D eigenvalue weighted by Crippen LogP contribution is 2.35. The predicted molar refractivity (Wildman–Crippen MR) is 58.1 cm³/mol. The van der Waals surface area contributed by atoms with E-state index in [1.807, 2.05) is 0 Å². The lowest BCUT2D eigenvalue weighted by Gasteiger charge is -2.43. The summed E-state index contributed by atoms with van der Waals surface area (Å²) in [5, 5.41) is 9.50. The third-order valence-corrected chi connectivity index (χ3v) is 2.74. The maximum Gasteiger partial charge on any atom is 0.295 e. The van der Waals surface area contributed by atoms with Gasteiger partial charge in [-0.1, -0.05) is 0 Å². The second-order valence-electron chi connectivity index (χ2n) is 3.17. The highest BCUT2D eigenvalue weighted by atomic mass is 16.9. The van der Waals surface area contributed by atoms with Gasteiger partial charge in [0.25, 0.3) is 11.9 Å². The smallest absolute Gasteiger partial charge is 0.295 e. The molecule has 0 aromatic rings. The Kier molecular flexibility index (Phi) is 7.10. The highest BCUT2D eigenvalue weighted by Gasteiger charge is 2.55. The van der Waals surface area contributed by atoms with Gasteiger partial charge in [0.2, 0.25) is 0 Å². The maximum absolute atomic E-state index is 9.50. The maximum atomic E-state index is 9.50. The molecular weight excluding hydrogens is 232 g/mol. The lowest BCUT2D eigenvalue weighted by Crippen LogP contribution is -2.59. The molecule has 0 radical (unpaired) electrons. The molecule has 0 saturated carbocycles. The lowest BCUT2D eigenvalue weighted by atomic mass is 10.0. The van der Waals surface area contributed by atoms with Crippen LogP contribution in [0.2, 0.25) is 0 Å². The highest BCUT2D eigenvalue weighted by molar-refractivity contribution is 4.79. The molecule has 0 heterocycles. The minimum absolute atomic E-state index is 0.398. The molecule has 0 bridgehead atoms. The Morgan fingerprint density at radius 3 is 1.06 bits per heavy atom. The molecule has 1 N–H and O–H groups in total. The second kappa shape index (κ2) is 7.22. The Bertz CT molecular complexity index is 164. The largest absolute Gasteiger partial charge is 0.395 e. The summed E-state index contributed by atoms with van der Waals surface area (Å²) in [6.07, 6.45) is 0. The van der Waals surface area contributed by atoms with E-state index in [4.69, 9.17) is 28.4 Å². The lowest BCUT2D eigenvalue weighted by molar-refractivity contribution is -0.471. The molecule has 7 nitrogen and oxygen atoms in total. The Morgan fingerprint density at radius 1 is 0.706 bits per heavy atom. The molecule has 0 spiro atoms. The van der Waals surface area contributed by atoms with Gasteiger partial charge in [0.15, 0.2) is 0 Å². The number of hydrogen-bond donors (Lipinski definition) is 1. The van der Waals surface area contributed by atoms with Crippen molar-refractivity contribution in [2.75, 3.05) is 49.3 Å². The number of ether oxygens (including phenoxy) is 6. The first kappa shape index (κ1) is 16.7. The van der Waals surface area contributed by atoms with Gasteiger partial charge in [0, 0.05) is 42.7 Å². The normalized spacial score (nSPS) is 13.4. The van der Waals surface area contributed by atoms with Crippen molar-refractivity contribution in [2.45, 2.75) is 11.9 Å². The van der Waals surface area contributed by atoms with Crippen LogP contribution >= 0.6 is 0 Å². The van der Waals surface area contributed by atoms with Crippen LogP contribution in [0.1, 0.15) is 0 Å². The topological polar surface area (TPSA) is 75.6 Å². The van der Waals surface area contributed by atoms with E-state index < -0.39 is 24.5 Å². The van der Waals surface area contributed by atoms with Crippen molar-refractivity contribution in [3.05, 3.63) is 0 Å². The van der Waals surface area contributed by atoms with Crippen molar-refractivity contribution >= 4 is 0 Å². The molecule has 104 valence electrons. The molecule has 0 saturated heterocycles. The number of aliphatic hydroxyl groups is 1. The SMILES string of the molecule is COC(OC)(OC)C(CO)C(OC)(OC)OC. The molecule has 0 aliphatic carbocycles. The van der Waals surface area contributed by atoms with Crippen molar-refractivity contribution in [2.24, 2.45) is 5.92 Å². The first-order valence-electron chi connectivity index (χ1n) is 4.98. The van der Waals surface area contributed by atoms with Gasteiger partial charge in [-0.25, -0.2) is 0 Å². The van der Waals surface area contributed by atoms with E-state index in [0.29, 0.717) is 0 Å². The van der Waals surface area contributed by atoms with E-state index in [1.54, 1.807) is 0 Å². The van der Waals surface area contributed by atoms with Crippen molar-refractivity contribution in [3.63, 3.8) is 0 Å². The van der Waals surface area contributed by atoms with Gasteiger partial charge >= 0.3 is 0 Å². The van der Waals surface area contributed by atoms with Crippen LogP contribution in [0.4, 0.5) is 0 Å². The summed E-state index contributed by atoms with van der Waals surface area (Å²) in [6.45, 7) is -0.398. The van der Waals surface area contributed by atoms with E-state index in [2.05, 4.69) is 0 Å². The first-order valence-corrected chi connectivity index (χ1v) is 4.98. The number of aliphatic hydroxyl groups excluding tert-OH is 1. The van der Waals surface area contributed by atoms with Crippen LogP contribution in [-0.2, 0) is 28.4 Å². The fourth-order valence-corrected chi connectivity index (χ4v) is 1.79. The average Bonchev–Trinajstić information content (AvgIpc) is 2.40. The van der Waals surface area contributed by atoms with Gasteiger partial charge in [-0.05, 0) is 0 Å². The summed E-state index contributed by atoms with van der Waals surface area (Å²) in [4.78, 5) is 0. The molecule has 7 heteroatoms.